The molecule has 0 saturated heterocycles. The summed E-state index contributed by atoms with van der Waals surface area (Å²) in [6.07, 6.45) is 3.37. The first-order valence-electron chi connectivity index (χ1n) is 5.15. The molecule has 0 atom stereocenters. The fraction of sp³-hybridized carbons (Fsp3) is 0.455. The highest BCUT2D eigenvalue weighted by Gasteiger charge is 2.12. The summed E-state index contributed by atoms with van der Waals surface area (Å²) < 4.78 is 4.99. The lowest BCUT2D eigenvalue weighted by Gasteiger charge is -2.22. The summed E-state index contributed by atoms with van der Waals surface area (Å²) >= 11 is 0. The van der Waals surface area contributed by atoms with Crippen LogP contribution in [0.25, 0.3) is 0 Å². The molecule has 1 aromatic heterocycles. The molecule has 0 aliphatic rings. The molecule has 0 saturated carbocycles. The van der Waals surface area contributed by atoms with Gasteiger partial charge in [-0.25, -0.2) is 9.97 Å². The van der Waals surface area contributed by atoms with Crippen molar-refractivity contribution in [3.8, 4) is 12.1 Å². The molecule has 1 aromatic rings. The number of methoxy groups -OCH3 is 1. The highest BCUT2D eigenvalue weighted by Crippen LogP contribution is 2.13. The SMILES string of the molecule is COCCN(CCC#N)c1nccnc1C#N. The van der Waals surface area contributed by atoms with Crippen LogP contribution in [0.15, 0.2) is 12.4 Å². The van der Waals surface area contributed by atoms with E-state index in [2.05, 4.69) is 16.0 Å². The minimum Gasteiger partial charge on any atom is -0.383 e. The van der Waals surface area contributed by atoms with Crippen molar-refractivity contribution in [1.29, 1.82) is 10.5 Å². The van der Waals surface area contributed by atoms with Gasteiger partial charge in [-0.15, -0.1) is 0 Å². The van der Waals surface area contributed by atoms with Crippen molar-refractivity contribution in [2.45, 2.75) is 6.42 Å². The number of aromatic nitrogens is 2. The largest absolute Gasteiger partial charge is 0.383 e. The Hall–Kier alpha value is -2.18. The van der Waals surface area contributed by atoms with Gasteiger partial charge in [-0.2, -0.15) is 10.5 Å². The smallest absolute Gasteiger partial charge is 0.183 e. The second-order valence-electron chi connectivity index (χ2n) is 3.23. The average molecular weight is 231 g/mol. The third kappa shape index (κ3) is 3.71. The van der Waals surface area contributed by atoms with Gasteiger partial charge in [-0.1, -0.05) is 0 Å². The molecule has 0 amide bonds. The van der Waals surface area contributed by atoms with Crippen molar-refractivity contribution in [3.63, 3.8) is 0 Å². The lowest BCUT2D eigenvalue weighted by molar-refractivity contribution is 0.205. The molecule has 6 nitrogen and oxygen atoms in total. The van der Waals surface area contributed by atoms with Crippen LogP contribution >= 0.6 is 0 Å². The molecule has 0 aliphatic heterocycles. The molecule has 0 fully saturated rings. The van der Waals surface area contributed by atoms with Gasteiger partial charge in [0.25, 0.3) is 0 Å². The molecule has 1 heterocycles. The number of nitriles is 2. The maximum atomic E-state index is 8.94. The van der Waals surface area contributed by atoms with Gasteiger partial charge in [0.15, 0.2) is 11.5 Å². The minimum atomic E-state index is 0.265. The maximum absolute atomic E-state index is 8.94. The second kappa shape index (κ2) is 7.15. The van der Waals surface area contributed by atoms with Gasteiger partial charge in [-0.3, -0.25) is 0 Å². The number of hydrogen-bond acceptors (Lipinski definition) is 6. The highest BCUT2D eigenvalue weighted by atomic mass is 16.5. The van der Waals surface area contributed by atoms with E-state index in [1.54, 1.807) is 7.11 Å². The Labute approximate surface area is 100 Å². The molecule has 1 rings (SSSR count). The highest BCUT2D eigenvalue weighted by molar-refractivity contribution is 5.49. The zero-order valence-electron chi connectivity index (χ0n) is 9.63. The van der Waals surface area contributed by atoms with Crippen molar-refractivity contribution in [3.05, 3.63) is 18.1 Å². The Morgan fingerprint density at radius 1 is 1.29 bits per heavy atom. The van der Waals surface area contributed by atoms with Crippen LogP contribution in [-0.4, -0.2) is 36.8 Å². The van der Waals surface area contributed by atoms with Crippen molar-refractivity contribution in [2.75, 3.05) is 31.7 Å². The van der Waals surface area contributed by atoms with E-state index in [4.69, 9.17) is 15.3 Å². The van der Waals surface area contributed by atoms with E-state index in [0.29, 0.717) is 31.9 Å². The Morgan fingerprint density at radius 2 is 2.06 bits per heavy atom. The first kappa shape index (κ1) is 12.9. The van der Waals surface area contributed by atoms with Gasteiger partial charge >= 0.3 is 0 Å². The molecule has 88 valence electrons. The summed E-state index contributed by atoms with van der Waals surface area (Å²) in [6.45, 7) is 1.59. The Bertz CT molecular complexity index is 434. The molecular formula is C11H13N5O. The van der Waals surface area contributed by atoms with E-state index >= 15 is 0 Å². The second-order valence-corrected chi connectivity index (χ2v) is 3.23. The van der Waals surface area contributed by atoms with E-state index in [1.165, 1.54) is 12.4 Å². The van der Waals surface area contributed by atoms with Crippen LogP contribution in [0.3, 0.4) is 0 Å². The monoisotopic (exact) mass is 231 g/mol. The zero-order chi connectivity index (χ0) is 12.5. The van der Waals surface area contributed by atoms with Crippen molar-refractivity contribution in [1.82, 2.24) is 9.97 Å². The van der Waals surface area contributed by atoms with Gasteiger partial charge in [0, 0.05) is 32.6 Å². The molecule has 0 aliphatic carbocycles. The first-order chi connectivity index (χ1) is 8.33. The lowest BCUT2D eigenvalue weighted by Crippen LogP contribution is -2.30. The fourth-order valence-corrected chi connectivity index (χ4v) is 1.35. The number of anilines is 1. The van der Waals surface area contributed by atoms with Gasteiger partial charge in [0.05, 0.1) is 19.1 Å². The predicted octanol–water partition coefficient (Wildman–Crippen LogP) is 0.715. The summed E-state index contributed by atoms with van der Waals surface area (Å²) in [6, 6.07) is 4.06. The van der Waals surface area contributed by atoms with Crippen molar-refractivity contribution in [2.24, 2.45) is 0 Å². The quantitative estimate of drug-likeness (QED) is 0.716. The topological polar surface area (TPSA) is 85.8 Å². The predicted molar refractivity (Wildman–Crippen MR) is 61.1 cm³/mol. The van der Waals surface area contributed by atoms with Crippen LogP contribution in [0.4, 0.5) is 5.82 Å². The summed E-state index contributed by atoms with van der Waals surface area (Å²) in [5, 5.41) is 17.5. The van der Waals surface area contributed by atoms with Gasteiger partial charge in [0.2, 0.25) is 0 Å². The van der Waals surface area contributed by atoms with E-state index in [9.17, 15) is 0 Å². The third-order valence-corrected chi connectivity index (χ3v) is 2.14. The molecule has 0 aromatic carbocycles. The van der Waals surface area contributed by atoms with E-state index in [-0.39, 0.29) is 5.69 Å². The van der Waals surface area contributed by atoms with Gasteiger partial charge < -0.3 is 9.64 Å². The Morgan fingerprint density at radius 3 is 2.71 bits per heavy atom. The number of hydrogen-bond donors (Lipinski definition) is 0. The number of nitrogens with zero attached hydrogens (tertiary/aromatic N) is 5. The fourth-order valence-electron chi connectivity index (χ4n) is 1.35. The molecule has 6 heteroatoms. The molecule has 0 spiro atoms. The van der Waals surface area contributed by atoms with Crippen LogP contribution in [0.2, 0.25) is 0 Å². The van der Waals surface area contributed by atoms with E-state index < -0.39 is 0 Å². The Kier molecular flexibility index (Phi) is 5.42. The normalized spacial score (nSPS) is 9.35. The van der Waals surface area contributed by atoms with Crippen molar-refractivity contribution < 1.29 is 4.74 Å². The molecule has 0 radical (unpaired) electrons. The minimum absolute atomic E-state index is 0.265. The third-order valence-electron chi connectivity index (χ3n) is 2.14. The van der Waals surface area contributed by atoms with Gasteiger partial charge in [-0.05, 0) is 0 Å². The molecule has 17 heavy (non-hydrogen) atoms. The van der Waals surface area contributed by atoms with Crippen LogP contribution in [-0.2, 0) is 4.74 Å². The average Bonchev–Trinajstić information content (AvgIpc) is 2.39. The lowest BCUT2D eigenvalue weighted by atomic mass is 10.3. The number of rotatable bonds is 6. The summed E-state index contributed by atoms with van der Waals surface area (Å²) in [5.41, 5.74) is 0.265. The maximum Gasteiger partial charge on any atom is 0.183 e. The van der Waals surface area contributed by atoms with Gasteiger partial charge in [0.1, 0.15) is 6.07 Å². The summed E-state index contributed by atoms with van der Waals surface area (Å²) in [5.74, 6) is 0.502. The van der Waals surface area contributed by atoms with Crippen LogP contribution < -0.4 is 4.90 Å². The standard InChI is InChI=1S/C11H13N5O/c1-17-8-7-16(6-2-3-12)11-10(9-13)14-4-5-15-11/h4-5H,2,6-8H2,1H3. The summed E-state index contributed by atoms with van der Waals surface area (Å²) in [7, 11) is 1.60. The van der Waals surface area contributed by atoms with Crippen LogP contribution in [0.5, 0.6) is 0 Å². The van der Waals surface area contributed by atoms with E-state index in [0.717, 1.165) is 0 Å². The van der Waals surface area contributed by atoms with Crippen LogP contribution in [0.1, 0.15) is 12.1 Å². The molecule has 0 unspecified atom stereocenters. The summed E-state index contributed by atoms with van der Waals surface area (Å²) in [4.78, 5) is 9.91. The molecule has 0 N–H and O–H groups in total. The molecular weight excluding hydrogens is 218 g/mol. The van der Waals surface area contributed by atoms with E-state index in [1.807, 2.05) is 11.0 Å². The number of ether oxygens (including phenoxy) is 1. The first-order valence-corrected chi connectivity index (χ1v) is 5.15. The molecule has 0 bridgehead atoms. The zero-order valence-corrected chi connectivity index (χ0v) is 9.63. The van der Waals surface area contributed by atoms with Crippen LogP contribution in [0, 0.1) is 22.7 Å². The Balaban J connectivity index is 2.88. The van der Waals surface area contributed by atoms with Crippen molar-refractivity contribution >= 4 is 5.82 Å².